The highest BCUT2D eigenvalue weighted by molar-refractivity contribution is 4.48. The highest BCUT2D eigenvalue weighted by Crippen LogP contribution is 1.85. The molecule has 0 aliphatic heterocycles. The molecule has 0 atom stereocenters. The van der Waals surface area contributed by atoms with E-state index in [4.69, 9.17) is 29.9 Å². The molecule has 0 unspecified atom stereocenters. The minimum absolute atomic E-state index is 0.0104. The van der Waals surface area contributed by atoms with Crippen LogP contribution in [-0.2, 0) is 23.7 Å². The predicted molar refractivity (Wildman–Crippen MR) is 83.8 cm³/mol. The summed E-state index contributed by atoms with van der Waals surface area (Å²) in [5.41, 5.74) is 0. The number of aliphatic hydroxyl groups is 4. The third-order valence-corrected chi connectivity index (χ3v) is 1.88. The normalized spacial score (nSPS) is 9.91. The van der Waals surface area contributed by atoms with Gasteiger partial charge in [0.2, 0.25) is 0 Å². The lowest BCUT2D eigenvalue weighted by molar-refractivity contribution is -0.0855. The quantitative estimate of drug-likeness (QED) is 0.253. The van der Waals surface area contributed by atoms with Crippen LogP contribution in [0.3, 0.4) is 0 Å². The zero-order valence-corrected chi connectivity index (χ0v) is 14.5. The maximum Gasteiger partial charge on any atom is 0.143 e. The second-order valence-electron chi connectivity index (χ2n) is 3.67. The van der Waals surface area contributed by atoms with E-state index in [0.717, 1.165) is 13.2 Å². The summed E-state index contributed by atoms with van der Waals surface area (Å²) in [5, 5.41) is 33.2. The van der Waals surface area contributed by atoms with E-state index in [-0.39, 0.29) is 20.0 Å². The number of ether oxygens (including phenoxy) is 5. The lowest BCUT2D eigenvalue weighted by Crippen LogP contribution is -2.22. The number of hydrogen-bond donors (Lipinski definition) is 4. The molecule has 0 aromatic carbocycles. The summed E-state index contributed by atoms with van der Waals surface area (Å²) in [4.78, 5) is 0. The van der Waals surface area contributed by atoms with Gasteiger partial charge in [-0.05, 0) is 20.8 Å². The first kappa shape index (κ1) is 27.5. The van der Waals surface area contributed by atoms with Gasteiger partial charge in [0.15, 0.2) is 0 Å². The summed E-state index contributed by atoms with van der Waals surface area (Å²) in [7, 11) is 0. The fraction of sp³-hybridized carbons (Fsp3) is 1.00. The molecule has 0 spiro atoms. The van der Waals surface area contributed by atoms with Crippen molar-refractivity contribution in [3.05, 3.63) is 0 Å². The Morgan fingerprint density at radius 2 is 1.00 bits per heavy atom. The van der Waals surface area contributed by atoms with Gasteiger partial charge in [-0.15, -0.1) is 0 Å². The molecule has 0 bridgehead atoms. The van der Waals surface area contributed by atoms with Crippen molar-refractivity contribution in [3.8, 4) is 0 Å². The number of rotatable bonds is 13. The number of hydrogen-bond acceptors (Lipinski definition) is 9. The van der Waals surface area contributed by atoms with Crippen molar-refractivity contribution in [1.29, 1.82) is 0 Å². The Labute approximate surface area is 138 Å². The van der Waals surface area contributed by atoms with Crippen molar-refractivity contribution in [2.75, 3.05) is 66.6 Å². The fourth-order valence-electron chi connectivity index (χ4n) is 0.956. The zero-order chi connectivity index (χ0) is 18.2. The van der Waals surface area contributed by atoms with Gasteiger partial charge < -0.3 is 44.1 Å². The van der Waals surface area contributed by atoms with Crippen LogP contribution in [0, 0.1) is 0 Å². The van der Waals surface area contributed by atoms with Crippen molar-refractivity contribution in [2.45, 2.75) is 26.9 Å². The van der Waals surface area contributed by atoms with Crippen LogP contribution in [-0.4, -0.2) is 93.2 Å². The van der Waals surface area contributed by atoms with Gasteiger partial charge >= 0.3 is 0 Å². The van der Waals surface area contributed by atoms with Crippen LogP contribution >= 0.6 is 0 Å². The molecular weight excluding hydrogens is 312 g/mol. The van der Waals surface area contributed by atoms with Crippen LogP contribution in [0.1, 0.15) is 20.8 Å². The lowest BCUT2D eigenvalue weighted by atomic mass is 10.4. The molecule has 0 heterocycles. The molecule has 0 aliphatic carbocycles. The second-order valence-corrected chi connectivity index (χ2v) is 3.67. The number of aliphatic hydroxyl groups excluding tert-OH is 4. The lowest BCUT2D eigenvalue weighted by Gasteiger charge is -2.08. The Kier molecular flexibility index (Phi) is 35.4. The minimum atomic E-state index is -0.792. The SMILES string of the molecule is CCOCC.CCOCCOCO.OCOCC(O)COCO. The predicted octanol–water partition coefficient (Wildman–Crippen LogP) is -0.688. The molecule has 23 heavy (non-hydrogen) atoms. The first-order chi connectivity index (χ1) is 11.1. The van der Waals surface area contributed by atoms with Crippen molar-refractivity contribution in [1.82, 2.24) is 0 Å². The molecule has 0 aromatic rings. The third-order valence-electron chi connectivity index (χ3n) is 1.88. The van der Waals surface area contributed by atoms with E-state index in [9.17, 15) is 0 Å². The van der Waals surface area contributed by atoms with Crippen molar-refractivity contribution < 1.29 is 44.1 Å². The van der Waals surface area contributed by atoms with Crippen molar-refractivity contribution in [3.63, 3.8) is 0 Å². The Bertz CT molecular complexity index is 156. The molecular formula is C14H34O9. The van der Waals surface area contributed by atoms with Crippen LogP contribution in [0.5, 0.6) is 0 Å². The molecule has 0 aliphatic rings. The molecule has 9 heteroatoms. The van der Waals surface area contributed by atoms with Gasteiger partial charge in [-0.1, -0.05) is 0 Å². The van der Waals surface area contributed by atoms with E-state index in [1.54, 1.807) is 0 Å². The standard InChI is InChI=1S/C5H12O5.C5H12O3.C4H10O/c6-3-9-1-5(8)2-10-4-7;1-2-7-3-4-8-5-6;1-3-5-4-2/h5-8H,1-4H2;6H,2-5H2,1H3;3-4H2,1-2H3. The first-order valence-corrected chi connectivity index (χ1v) is 7.53. The second kappa shape index (κ2) is 29.6. The van der Waals surface area contributed by atoms with E-state index >= 15 is 0 Å². The average molecular weight is 346 g/mol. The maximum absolute atomic E-state index is 8.84. The molecule has 0 radical (unpaired) electrons. The Balaban J connectivity index is -0.000000276. The zero-order valence-electron chi connectivity index (χ0n) is 14.5. The Morgan fingerprint density at radius 1 is 0.609 bits per heavy atom. The highest BCUT2D eigenvalue weighted by Gasteiger charge is 2.02. The molecule has 0 saturated heterocycles. The van der Waals surface area contributed by atoms with Gasteiger partial charge in [-0.2, -0.15) is 0 Å². The van der Waals surface area contributed by atoms with E-state index < -0.39 is 19.7 Å². The first-order valence-electron chi connectivity index (χ1n) is 7.53. The van der Waals surface area contributed by atoms with Crippen molar-refractivity contribution >= 4 is 0 Å². The highest BCUT2D eigenvalue weighted by atomic mass is 16.6. The smallest absolute Gasteiger partial charge is 0.143 e. The largest absolute Gasteiger partial charge is 0.388 e. The molecule has 0 amide bonds. The molecule has 0 saturated carbocycles. The van der Waals surface area contributed by atoms with Crippen LogP contribution in [0.4, 0.5) is 0 Å². The van der Waals surface area contributed by atoms with Crippen LogP contribution < -0.4 is 0 Å². The van der Waals surface area contributed by atoms with Crippen molar-refractivity contribution in [2.24, 2.45) is 0 Å². The van der Waals surface area contributed by atoms with Gasteiger partial charge in [0.05, 0.1) is 26.4 Å². The Morgan fingerprint density at radius 3 is 1.30 bits per heavy atom. The van der Waals surface area contributed by atoms with Gasteiger partial charge in [0, 0.05) is 19.8 Å². The van der Waals surface area contributed by atoms with Crippen LogP contribution in [0.25, 0.3) is 0 Å². The maximum atomic E-state index is 8.84. The molecule has 9 nitrogen and oxygen atoms in total. The molecule has 0 rings (SSSR count). The summed E-state index contributed by atoms with van der Waals surface area (Å²) in [5.74, 6) is 0. The molecule has 0 fully saturated rings. The third kappa shape index (κ3) is 38.9. The monoisotopic (exact) mass is 346 g/mol. The van der Waals surface area contributed by atoms with Crippen LogP contribution in [0.2, 0.25) is 0 Å². The topological polar surface area (TPSA) is 127 Å². The summed E-state index contributed by atoms with van der Waals surface area (Å²) in [6, 6.07) is 0. The van der Waals surface area contributed by atoms with E-state index in [1.807, 2.05) is 20.8 Å². The van der Waals surface area contributed by atoms with Gasteiger partial charge in [0.1, 0.15) is 26.5 Å². The van der Waals surface area contributed by atoms with Gasteiger partial charge in [0.25, 0.3) is 0 Å². The van der Waals surface area contributed by atoms with E-state index in [1.165, 1.54) is 0 Å². The van der Waals surface area contributed by atoms with Crippen LogP contribution in [0.15, 0.2) is 0 Å². The van der Waals surface area contributed by atoms with Gasteiger partial charge in [-0.25, -0.2) is 0 Å². The van der Waals surface area contributed by atoms with E-state index in [2.05, 4.69) is 14.2 Å². The molecule has 4 N–H and O–H groups in total. The average Bonchev–Trinajstić information content (AvgIpc) is 2.57. The van der Waals surface area contributed by atoms with Gasteiger partial charge in [-0.3, -0.25) is 0 Å². The molecule has 0 aromatic heterocycles. The summed E-state index contributed by atoms with van der Waals surface area (Å²) in [6.45, 7) is 8.29. The minimum Gasteiger partial charge on any atom is -0.388 e. The van der Waals surface area contributed by atoms with E-state index in [0.29, 0.717) is 19.8 Å². The summed E-state index contributed by atoms with van der Waals surface area (Å²) in [6.07, 6.45) is -0.792. The summed E-state index contributed by atoms with van der Waals surface area (Å²) < 4.78 is 23.2. The Hall–Kier alpha value is -0.360. The summed E-state index contributed by atoms with van der Waals surface area (Å²) >= 11 is 0. The fourth-order valence-corrected chi connectivity index (χ4v) is 0.956. The molecule has 144 valence electrons.